The average Bonchev–Trinajstić information content (AvgIpc) is 2.92. The van der Waals surface area contributed by atoms with Crippen LogP contribution >= 0.6 is 0 Å². The van der Waals surface area contributed by atoms with Crippen LogP contribution in [0.1, 0.15) is 36.1 Å². The Hall–Kier alpha value is -2.37. The number of ether oxygens (including phenoxy) is 1. The number of piperidine rings is 1. The van der Waals surface area contributed by atoms with Crippen LogP contribution in [0, 0.1) is 20.8 Å². The molecule has 6 nitrogen and oxygen atoms in total. The van der Waals surface area contributed by atoms with Crippen molar-refractivity contribution < 1.29 is 9.53 Å². The molecule has 1 atom stereocenters. The number of likely N-dealkylation sites (tertiary alicyclic amines) is 1. The third-order valence-electron chi connectivity index (χ3n) is 4.39. The SMILES string of the molecule is Cc1ccc(OCC(=O)N2CCC[C@H](n3nc(C)nc3C)C2)cc1. The van der Waals surface area contributed by atoms with Gasteiger partial charge < -0.3 is 9.64 Å². The summed E-state index contributed by atoms with van der Waals surface area (Å²) in [5.41, 5.74) is 1.17. The Morgan fingerprint density at radius 3 is 2.67 bits per heavy atom. The van der Waals surface area contributed by atoms with Crippen LogP contribution in [0.25, 0.3) is 0 Å². The van der Waals surface area contributed by atoms with E-state index in [2.05, 4.69) is 10.1 Å². The van der Waals surface area contributed by atoms with Crippen LogP contribution in [0.3, 0.4) is 0 Å². The number of carbonyl (C=O) groups is 1. The highest BCUT2D eigenvalue weighted by Gasteiger charge is 2.26. The van der Waals surface area contributed by atoms with E-state index in [1.54, 1.807) is 0 Å². The molecule has 0 N–H and O–H groups in total. The molecule has 1 aliphatic rings. The highest BCUT2D eigenvalue weighted by molar-refractivity contribution is 5.77. The number of carbonyl (C=O) groups excluding carboxylic acids is 1. The van der Waals surface area contributed by atoms with Crippen molar-refractivity contribution in [3.63, 3.8) is 0 Å². The van der Waals surface area contributed by atoms with Gasteiger partial charge in [0.15, 0.2) is 6.61 Å². The Morgan fingerprint density at radius 1 is 1.25 bits per heavy atom. The van der Waals surface area contributed by atoms with Crippen LogP contribution in [0.2, 0.25) is 0 Å². The summed E-state index contributed by atoms with van der Waals surface area (Å²) >= 11 is 0. The van der Waals surface area contributed by atoms with Gasteiger partial charge in [-0.1, -0.05) is 17.7 Å². The molecule has 128 valence electrons. The summed E-state index contributed by atoms with van der Waals surface area (Å²) in [4.78, 5) is 18.7. The molecular weight excluding hydrogens is 304 g/mol. The van der Waals surface area contributed by atoms with E-state index in [1.165, 1.54) is 5.56 Å². The van der Waals surface area contributed by atoms with E-state index in [4.69, 9.17) is 4.74 Å². The van der Waals surface area contributed by atoms with Crippen LogP contribution in [-0.4, -0.2) is 45.3 Å². The molecule has 0 radical (unpaired) electrons. The molecule has 6 heteroatoms. The van der Waals surface area contributed by atoms with Crippen molar-refractivity contribution in [2.75, 3.05) is 19.7 Å². The molecule has 1 amide bonds. The molecule has 3 rings (SSSR count). The monoisotopic (exact) mass is 328 g/mol. The fourth-order valence-corrected chi connectivity index (χ4v) is 3.13. The van der Waals surface area contributed by atoms with E-state index >= 15 is 0 Å². The van der Waals surface area contributed by atoms with Crippen molar-refractivity contribution in [3.8, 4) is 5.75 Å². The van der Waals surface area contributed by atoms with Crippen LogP contribution in [0.5, 0.6) is 5.75 Å². The lowest BCUT2D eigenvalue weighted by Crippen LogP contribution is -2.43. The Morgan fingerprint density at radius 2 is 2.00 bits per heavy atom. The first-order chi connectivity index (χ1) is 11.5. The third kappa shape index (κ3) is 3.75. The summed E-state index contributed by atoms with van der Waals surface area (Å²) < 4.78 is 7.57. The van der Waals surface area contributed by atoms with Gasteiger partial charge in [0.1, 0.15) is 17.4 Å². The van der Waals surface area contributed by atoms with Gasteiger partial charge in [-0.05, 0) is 45.7 Å². The highest BCUT2D eigenvalue weighted by Crippen LogP contribution is 2.22. The first kappa shape index (κ1) is 16.5. The van der Waals surface area contributed by atoms with Crippen LogP contribution in [0.4, 0.5) is 0 Å². The first-order valence-electron chi connectivity index (χ1n) is 8.40. The molecule has 0 aliphatic carbocycles. The van der Waals surface area contributed by atoms with Crippen molar-refractivity contribution in [2.45, 2.75) is 39.7 Å². The van der Waals surface area contributed by atoms with Gasteiger partial charge in [0, 0.05) is 13.1 Å². The fourth-order valence-electron chi connectivity index (χ4n) is 3.13. The molecule has 1 aromatic carbocycles. The molecule has 2 aromatic rings. The number of rotatable bonds is 4. The van der Waals surface area contributed by atoms with Crippen molar-refractivity contribution in [3.05, 3.63) is 41.5 Å². The van der Waals surface area contributed by atoms with Gasteiger partial charge in [-0.2, -0.15) is 5.10 Å². The summed E-state index contributed by atoms with van der Waals surface area (Å²) in [6.07, 6.45) is 1.99. The zero-order valence-electron chi connectivity index (χ0n) is 14.5. The van der Waals surface area contributed by atoms with Gasteiger partial charge in [-0.3, -0.25) is 4.79 Å². The molecule has 0 saturated carbocycles. The topological polar surface area (TPSA) is 60.2 Å². The predicted octanol–water partition coefficient (Wildman–Crippen LogP) is 2.45. The minimum Gasteiger partial charge on any atom is -0.484 e. The first-order valence-corrected chi connectivity index (χ1v) is 8.40. The molecule has 24 heavy (non-hydrogen) atoms. The van der Waals surface area contributed by atoms with Crippen molar-refractivity contribution >= 4 is 5.91 Å². The Kier molecular flexibility index (Phi) is 4.83. The van der Waals surface area contributed by atoms with E-state index in [0.29, 0.717) is 6.54 Å². The zero-order chi connectivity index (χ0) is 17.1. The highest BCUT2D eigenvalue weighted by atomic mass is 16.5. The Labute approximate surface area is 142 Å². The number of amides is 1. The predicted molar refractivity (Wildman–Crippen MR) is 91.0 cm³/mol. The van der Waals surface area contributed by atoms with Crippen molar-refractivity contribution in [1.29, 1.82) is 0 Å². The molecule has 0 bridgehead atoms. The van der Waals surface area contributed by atoms with Gasteiger partial charge >= 0.3 is 0 Å². The molecule has 1 aromatic heterocycles. The summed E-state index contributed by atoms with van der Waals surface area (Å²) in [6, 6.07) is 7.94. The lowest BCUT2D eigenvalue weighted by Gasteiger charge is -2.33. The Balaban J connectivity index is 1.58. The Bertz CT molecular complexity index is 708. The van der Waals surface area contributed by atoms with Gasteiger partial charge in [0.25, 0.3) is 5.91 Å². The fraction of sp³-hybridized carbons (Fsp3) is 0.500. The lowest BCUT2D eigenvalue weighted by atomic mass is 10.1. The quantitative estimate of drug-likeness (QED) is 0.865. The number of aryl methyl sites for hydroxylation is 3. The van der Waals surface area contributed by atoms with E-state index < -0.39 is 0 Å². The molecule has 0 spiro atoms. The second-order valence-electron chi connectivity index (χ2n) is 6.39. The maximum Gasteiger partial charge on any atom is 0.260 e. The maximum absolute atomic E-state index is 12.5. The summed E-state index contributed by atoms with van der Waals surface area (Å²) in [5, 5.41) is 4.47. The van der Waals surface area contributed by atoms with Crippen LogP contribution in [0.15, 0.2) is 24.3 Å². The number of hydrogen-bond acceptors (Lipinski definition) is 4. The normalized spacial score (nSPS) is 17.8. The van der Waals surface area contributed by atoms with Crippen molar-refractivity contribution in [1.82, 2.24) is 19.7 Å². The van der Waals surface area contributed by atoms with Gasteiger partial charge in [0.2, 0.25) is 0 Å². The van der Waals surface area contributed by atoms with E-state index in [1.807, 2.05) is 54.6 Å². The standard InChI is InChI=1S/C18H24N4O2/c1-13-6-8-17(9-7-13)24-12-18(23)21-10-4-5-16(11-21)22-15(3)19-14(2)20-22/h6-9,16H,4-5,10-12H2,1-3H3/t16-/m0/s1. The lowest BCUT2D eigenvalue weighted by molar-refractivity contribution is -0.135. The van der Waals surface area contributed by atoms with Crippen LogP contribution < -0.4 is 4.74 Å². The minimum atomic E-state index is 0.0229. The van der Waals surface area contributed by atoms with E-state index in [9.17, 15) is 4.79 Å². The smallest absolute Gasteiger partial charge is 0.260 e. The molecule has 2 heterocycles. The van der Waals surface area contributed by atoms with Gasteiger partial charge in [-0.15, -0.1) is 0 Å². The summed E-state index contributed by atoms with van der Waals surface area (Å²) in [5.74, 6) is 2.43. The number of aromatic nitrogens is 3. The molecular formula is C18H24N4O2. The second kappa shape index (κ2) is 7.03. The van der Waals surface area contributed by atoms with E-state index in [0.717, 1.165) is 36.8 Å². The van der Waals surface area contributed by atoms with Crippen molar-refractivity contribution in [2.24, 2.45) is 0 Å². The molecule has 1 fully saturated rings. The summed E-state index contributed by atoms with van der Waals surface area (Å²) in [6.45, 7) is 7.40. The average molecular weight is 328 g/mol. The van der Waals surface area contributed by atoms with E-state index in [-0.39, 0.29) is 18.6 Å². The summed E-state index contributed by atoms with van der Waals surface area (Å²) in [7, 11) is 0. The number of nitrogens with zero attached hydrogens (tertiary/aromatic N) is 4. The minimum absolute atomic E-state index is 0.0229. The largest absolute Gasteiger partial charge is 0.484 e. The van der Waals surface area contributed by atoms with Gasteiger partial charge in [-0.25, -0.2) is 9.67 Å². The third-order valence-corrected chi connectivity index (χ3v) is 4.39. The molecule has 0 unspecified atom stereocenters. The van der Waals surface area contributed by atoms with Gasteiger partial charge in [0.05, 0.1) is 6.04 Å². The second-order valence-corrected chi connectivity index (χ2v) is 6.39. The number of benzene rings is 1. The molecule has 1 aliphatic heterocycles. The van der Waals surface area contributed by atoms with Crippen LogP contribution in [-0.2, 0) is 4.79 Å². The zero-order valence-corrected chi connectivity index (χ0v) is 14.5. The molecule has 1 saturated heterocycles. The maximum atomic E-state index is 12.5. The number of hydrogen-bond donors (Lipinski definition) is 0.